The van der Waals surface area contributed by atoms with Crippen LogP contribution < -0.4 is 5.56 Å². The minimum absolute atomic E-state index is 0.258. The van der Waals surface area contributed by atoms with Gasteiger partial charge >= 0.3 is 0 Å². The monoisotopic (exact) mass is 416 g/mol. The first-order chi connectivity index (χ1) is 13.8. The molecule has 0 amide bonds. The van der Waals surface area contributed by atoms with E-state index in [9.17, 15) is 17.6 Å². The number of fused-ring (bicyclic) bond motifs is 1. The number of hydrogen-bond donors (Lipinski definition) is 1. The first-order valence-corrected chi connectivity index (χ1v) is 11.1. The van der Waals surface area contributed by atoms with Crippen molar-refractivity contribution >= 4 is 9.84 Å². The molecule has 0 unspecified atom stereocenters. The molecule has 0 atom stereocenters. The van der Waals surface area contributed by atoms with Gasteiger partial charge in [-0.05, 0) is 29.8 Å². The maximum atomic E-state index is 13.1. The number of aromatic nitrogens is 3. The van der Waals surface area contributed by atoms with Crippen LogP contribution in [0, 0.1) is 5.82 Å². The van der Waals surface area contributed by atoms with Crippen LogP contribution in [0.2, 0.25) is 0 Å². The highest BCUT2D eigenvalue weighted by atomic mass is 32.2. The Morgan fingerprint density at radius 3 is 2.66 bits per heavy atom. The van der Waals surface area contributed by atoms with Crippen LogP contribution in [0.1, 0.15) is 22.5 Å². The van der Waals surface area contributed by atoms with Crippen LogP contribution in [0.5, 0.6) is 0 Å². The van der Waals surface area contributed by atoms with Gasteiger partial charge in [-0.15, -0.1) is 0 Å². The van der Waals surface area contributed by atoms with Gasteiger partial charge in [0.1, 0.15) is 5.82 Å². The molecule has 3 aromatic rings. The van der Waals surface area contributed by atoms with Crippen LogP contribution in [0.3, 0.4) is 0 Å². The molecule has 3 heterocycles. The van der Waals surface area contributed by atoms with Crippen molar-refractivity contribution in [2.75, 3.05) is 12.8 Å². The molecule has 0 saturated carbocycles. The predicted molar refractivity (Wildman–Crippen MR) is 106 cm³/mol. The lowest BCUT2D eigenvalue weighted by atomic mass is 10.1. The van der Waals surface area contributed by atoms with E-state index < -0.39 is 15.4 Å². The van der Waals surface area contributed by atoms with Crippen molar-refractivity contribution in [3.8, 4) is 0 Å². The molecular formula is C20H21FN4O3S. The number of rotatable bonds is 5. The molecule has 152 valence electrons. The van der Waals surface area contributed by atoms with Gasteiger partial charge in [0.15, 0.2) is 0 Å². The molecule has 2 aromatic heterocycles. The van der Waals surface area contributed by atoms with Gasteiger partial charge in [0.2, 0.25) is 15.0 Å². The maximum Gasteiger partial charge on any atom is 0.256 e. The average Bonchev–Trinajstić information content (AvgIpc) is 3.10. The molecule has 1 N–H and O–H groups in total. The third kappa shape index (κ3) is 4.30. The van der Waals surface area contributed by atoms with Gasteiger partial charge in [0.05, 0.1) is 11.3 Å². The molecular weight excluding hydrogens is 395 g/mol. The Morgan fingerprint density at radius 2 is 1.93 bits per heavy atom. The highest BCUT2D eigenvalue weighted by molar-refractivity contribution is 7.90. The molecule has 0 fully saturated rings. The largest absolute Gasteiger partial charge is 0.346 e. The Balaban J connectivity index is 1.51. The highest BCUT2D eigenvalue weighted by Gasteiger charge is 2.24. The summed E-state index contributed by atoms with van der Waals surface area (Å²) < 4.78 is 38.6. The predicted octanol–water partition coefficient (Wildman–Crippen LogP) is 1.72. The fourth-order valence-electron chi connectivity index (χ4n) is 3.53. The number of H-pyrrole nitrogens is 1. The molecule has 1 aliphatic heterocycles. The van der Waals surface area contributed by atoms with Gasteiger partial charge in [-0.25, -0.2) is 17.8 Å². The SMILES string of the molecule is CS(=O)(=O)c1nc2c(c(=O)[nH]1)CN(Cc1cccn1Cc1ccc(F)cc1)CC2. The number of halogens is 1. The molecule has 1 aromatic carbocycles. The highest BCUT2D eigenvalue weighted by Crippen LogP contribution is 2.18. The Labute approximate surface area is 167 Å². The zero-order valence-corrected chi connectivity index (χ0v) is 16.7. The van der Waals surface area contributed by atoms with E-state index in [0.29, 0.717) is 43.9 Å². The van der Waals surface area contributed by atoms with Crippen molar-refractivity contribution in [3.05, 3.63) is 81.3 Å². The first-order valence-electron chi connectivity index (χ1n) is 9.22. The van der Waals surface area contributed by atoms with E-state index in [1.807, 2.05) is 18.3 Å². The molecule has 9 heteroatoms. The van der Waals surface area contributed by atoms with Crippen molar-refractivity contribution in [3.63, 3.8) is 0 Å². The summed E-state index contributed by atoms with van der Waals surface area (Å²) in [6, 6.07) is 10.4. The topological polar surface area (TPSA) is 88.1 Å². The summed E-state index contributed by atoms with van der Waals surface area (Å²) >= 11 is 0. The summed E-state index contributed by atoms with van der Waals surface area (Å²) in [5, 5.41) is -0.275. The molecule has 1 aliphatic rings. The summed E-state index contributed by atoms with van der Waals surface area (Å²) in [5.74, 6) is -0.258. The van der Waals surface area contributed by atoms with Gasteiger partial charge < -0.3 is 4.57 Å². The fourth-order valence-corrected chi connectivity index (χ4v) is 4.09. The van der Waals surface area contributed by atoms with Gasteiger partial charge in [0.25, 0.3) is 5.56 Å². The second-order valence-corrected chi connectivity index (χ2v) is 9.21. The lowest BCUT2D eigenvalue weighted by molar-refractivity contribution is 0.235. The number of sulfone groups is 1. The van der Waals surface area contributed by atoms with Crippen LogP contribution in [0.4, 0.5) is 4.39 Å². The van der Waals surface area contributed by atoms with Gasteiger partial charge in [-0.3, -0.25) is 14.7 Å². The van der Waals surface area contributed by atoms with Crippen molar-refractivity contribution in [1.82, 2.24) is 19.4 Å². The van der Waals surface area contributed by atoms with E-state index in [2.05, 4.69) is 19.4 Å². The summed E-state index contributed by atoms with van der Waals surface area (Å²) in [6.45, 7) is 2.35. The molecule has 7 nitrogen and oxygen atoms in total. The number of nitrogens with zero attached hydrogens (tertiary/aromatic N) is 3. The number of benzene rings is 1. The van der Waals surface area contributed by atoms with E-state index in [1.165, 1.54) is 12.1 Å². The van der Waals surface area contributed by atoms with E-state index in [0.717, 1.165) is 17.5 Å². The minimum Gasteiger partial charge on any atom is -0.346 e. The average molecular weight is 416 g/mol. The smallest absolute Gasteiger partial charge is 0.256 e. The van der Waals surface area contributed by atoms with Gasteiger partial charge in [-0.1, -0.05) is 12.1 Å². The zero-order chi connectivity index (χ0) is 20.6. The molecule has 4 rings (SSSR count). The van der Waals surface area contributed by atoms with Crippen LogP contribution in [0.25, 0.3) is 0 Å². The van der Waals surface area contributed by atoms with Crippen molar-refractivity contribution in [1.29, 1.82) is 0 Å². The summed E-state index contributed by atoms with van der Waals surface area (Å²) in [4.78, 5) is 21.1. The van der Waals surface area contributed by atoms with E-state index >= 15 is 0 Å². The second kappa shape index (κ2) is 7.57. The Bertz CT molecular complexity index is 1200. The fraction of sp³-hybridized carbons (Fsp3) is 0.300. The van der Waals surface area contributed by atoms with Crippen molar-refractivity contribution in [2.24, 2.45) is 0 Å². The molecule has 0 bridgehead atoms. The quantitative estimate of drug-likeness (QED) is 0.640. The van der Waals surface area contributed by atoms with Gasteiger partial charge in [-0.2, -0.15) is 0 Å². The minimum atomic E-state index is -3.56. The van der Waals surface area contributed by atoms with Crippen molar-refractivity contribution in [2.45, 2.75) is 31.2 Å². The standard InChI is InChI=1S/C20H21FN4O3S/c1-29(27,28)20-22-18-8-10-24(13-17(18)19(26)23-20)12-16-3-2-9-25(16)11-14-4-6-15(21)7-5-14/h2-7,9H,8,10-13H2,1H3,(H,22,23,26). The molecule has 0 radical (unpaired) electrons. The summed E-state index contributed by atoms with van der Waals surface area (Å²) in [6.07, 6.45) is 3.52. The van der Waals surface area contributed by atoms with E-state index in [-0.39, 0.29) is 11.0 Å². The lowest BCUT2D eigenvalue weighted by Gasteiger charge is -2.28. The zero-order valence-electron chi connectivity index (χ0n) is 15.9. The van der Waals surface area contributed by atoms with Crippen LogP contribution in [-0.2, 0) is 35.9 Å². The van der Waals surface area contributed by atoms with Crippen molar-refractivity contribution < 1.29 is 12.8 Å². The lowest BCUT2D eigenvalue weighted by Crippen LogP contribution is -2.36. The second-order valence-electron chi connectivity index (χ2n) is 7.28. The first kappa shape index (κ1) is 19.5. The van der Waals surface area contributed by atoms with Crippen LogP contribution in [-0.4, -0.2) is 40.7 Å². The summed E-state index contributed by atoms with van der Waals surface area (Å²) in [7, 11) is -3.56. The third-order valence-electron chi connectivity index (χ3n) is 5.05. The Kier molecular flexibility index (Phi) is 5.10. The third-order valence-corrected chi connectivity index (χ3v) is 5.95. The Morgan fingerprint density at radius 1 is 1.17 bits per heavy atom. The maximum absolute atomic E-state index is 13.1. The van der Waals surface area contributed by atoms with Crippen LogP contribution in [0.15, 0.2) is 52.5 Å². The van der Waals surface area contributed by atoms with E-state index in [4.69, 9.17) is 0 Å². The summed E-state index contributed by atoms with van der Waals surface area (Å²) in [5.41, 5.74) is 2.74. The molecule has 29 heavy (non-hydrogen) atoms. The van der Waals surface area contributed by atoms with Gasteiger partial charge in [0, 0.05) is 50.7 Å². The van der Waals surface area contributed by atoms with Crippen LogP contribution >= 0.6 is 0 Å². The molecule has 0 spiro atoms. The van der Waals surface area contributed by atoms with E-state index in [1.54, 1.807) is 12.1 Å². The molecule has 0 aliphatic carbocycles. The number of nitrogens with one attached hydrogen (secondary N) is 1. The Hall–Kier alpha value is -2.78. The number of hydrogen-bond acceptors (Lipinski definition) is 5. The normalized spacial score (nSPS) is 14.7. The number of aromatic amines is 1. The molecule has 0 saturated heterocycles.